The molecule has 0 saturated carbocycles. The Kier molecular flexibility index (Phi) is 4.56. The van der Waals surface area contributed by atoms with E-state index >= 15 is 0 Å². The Balaban J connectivity index is 2.00. The van der Waals surface area contributed by atoms with Gasteiger partial charge in [-0.25, -0.2) is 4.98 Å². The van der Waals surface area contributed by atoms with E-state index in [0.29, 0.717) is 23.3 Å². The largest absolute Gasteiger partial charge is 0.325 e. The number of nitrogens with two attached hydrogens (primary N) is 1. The number of hydrogen-bond acceptors (Lipinski definition) is 7. The van der Waals surface area contributed by atoms with Gasteiger partial charge in [-0.2, -0.15) is 0 Å². The van der Waals surface area contributed by atoms with E-state index in [0.717, 1.165) is 16.4 Å². The maximum Gasteiger partial charge on any atom is 0.276 e. The van der Waals surface area contributed by atoms with Gasteiger partial charge in [-0.3, -0.25) is 10.1 Å². The van der Waals surface area contributed by atoms with Gasteiger partial charge in [0, 0.05) is 18.3 Å². The van der Waals surface area contributed by atoms with Gasteiger partial charge in [0.1, 0.15) is 15.7 Å². The predicted octanol–water partition coefficient (Wildman–Crippen LogP) is 1.90. The van der Waals surface area contributed by atoms with Gasteiger partial charge in [-0.05, 0) is 5.92 Å². The van der Waals surface area contributed by atoms with Gasteiger partial charge in [0.15, 0.2) is 0 Å². The predicted molar refractivity (Wildman–Crippen MR) is 76.4 cm³/mol. The normalized spacial score (nSPS) is 10.9. The minimum atomic E-state index is -0.275. The number of carbonyl (C=O) groups is 1. The molecule has 0 aliphatic carbocycles. The minimum Gasteiger partial charge on any atom is -0.325 e. The number of amides is 1. The maximum absolute atomic E-state index is 11.9. The van der Waals surface area contributed by atoms with Crippen molar-refractivity contribution in [1.82, 2.24) is 15.2 Å². The molecule has 19 heavy (non-hydrogen) atoms. The van der Waals surface area contributed by atoms with Crippen molar-refractivity contribution in [1.29, 1.82) is 0 Å². The summed E-state index contributed by atoms with van der Waals surface area (Å²) in [6, 6.07) is 0. The molecule has 0 atom stereocenters. The van der Waals surface area contributed by atoms with Crippen LogP contribution in [0.1, 0.15) is 34.4 Å². The summed E-state index contributed by atoms with van der Waals surface area (Å²) in [7, 11) is 0. The van der Waals surface area contributed by atoms with Crippen LogP contribution in [-0.2, 0) is 13.0 Å². The number of nitrogens with one attached hydrogen (secondary N) is 1. The van der Waals surface area contributed by atoms with Crippen LogP contribution < -0.4 is 11.1 Å². The van der Waals surface area contributed by atoms with Crippen molar-refractivity contribution < 1.29 is 4.79 Å². The van der Waals surface area contributed by atoms with Crippen LogP contribution in [-0.4, -0.2) is 21.1 Å². The van der Waals surface area contributed by atoms with Crippen molar-refractivity contribution in [2.24, 2.45) is 11.7 Å². The van der Waals surface area contributed by atoms with Crippen LogP contribution in [0.25, 0.3) is 0 Å². The Bertz CT molecular complexity index is 563. The third-order valence-electron chi connectivity index (χ3n) is 2.23. The summed E-state index contributed by atoms with van der Waals surface area (Å²) in [5.74, 6) is 0.241. The van der Waals surface area contributed by atoms with Crippen molar-refractivity contribution >= 4 is 33.7 Å². The monoisotopic (exact) mass is 297 g/mol. The molecule has 0 aromatic carbocycles. The molecule has 0 aliphatic rings. The number of carbonyl (C=O) groups excluding carboxylic acids is 1. The van der Waals surface area contributed by atoms with Crippen LogP contribution in [0, 0.1) is 5.92 Å². The van der Waals surface area contributed by atoms with E-state index in [9.17, 15) is 4.79 Å². The maximum atomic E-state index is 11.9. The van der Waals surface area contributed by atoms with E-state index in [1.54, 1.807) is 5.38 Å². The van der Waals surface area contributed by atoms with Crippen LogP contribution in [0.15, 0.2) is 5.38 Å². The molecule has 3 N–H and O–H groups in total. The zero-order valence-corrected chi connectivity index (χ0v) is 12.3. The van der Waals surface area contributed by atoms with Crippen molar-refractivity contribution in [3.63, 3.8) is 0 Å². The summed E-state index contributed by atoms with van der Waals surface area (Å²) in [4.78, 5) is 16.0. The summed E-state index contributed by atoms with van der Waals surface area (Å²) in [5.41, 5.74) is 5.83. The van der Waals surface area contributed by atoms with Crippen molar-refractivity contribution in [3.05, 3.63) is 21.1 Å². The van der Waals surface area contributed by atoms with Crippen LogP contribution in [0.5, 0.6) is 0 Å². The first kappa shape index (κ1) is 14.0. The second kappa shape index (κ2) is 6.18. The molecule has 102 valence electrons. The van der Waals surface area contributed by atoms with Gasteiger partial charge in [0.2, 0.25) is 5.13 Å². The fraction of sp³-hybridized carbons (Fsp3) is 0.455. The lowest BCUT2D eigenvalue weighted by Crippen LogP contribution is -2.12. The Labute approximate surface area is 119 Å². The number of hydrogen-bond donors (Lipinski definition) is 2. The summed E-state index contributed by atoms with van der Waals surface area (Å²) in [6.07, 6.45) is 0.863. The molecule has 6 nitrogen and oxygen atoms in total. The van der Waals surface area contributed by atoms with Crippen molar-refractivity contribution in [2.45, 2.75) is 26.8 Å². The van der Waals surface area contributed by atoms with Crippen molar-refractivity contribution in [3.8, 4) is 0 Å². The molecule has 2 rings (SSSR count). The fourth-order valence-corrected chi connectivity index (χ4v) is 3.01. The number of nitrogens with zero attached hydrogens (tertiary/aromatic N) is 3. The summed E-state index contributed by atoms with van der Waals surface area (Å²) < 4.78 is 0. The van der Waals surface area contributed by atoms with E-state index < -0.39 is 0 Å². The van der Waals surface area contributed by atoms with Crippen molar-refractivity contribution in [2.75, 3.05) is 5.32 Å². The third kappa shape index (κ3) is 3.79. The molecule has 0 saturated heterocycles. The second-order valence-electron chi connectivity index (χ2n) is 4.38. The summed E-state index contributed by atoms with van der Waals surface area (Å²) in [6.45, 7) is 4.57. The average molecular weight is 297 g/mol. The quantitative estimate of drug-likeness (QED) is 0.879. The Morgan fingerprint density at radius 3 is 2.84 bits per heavy atom. The molecule has 0 aliphatic heterocycles. The molecule has 1 amide bonds. The van der Waals surface area contributed by atoms with Gasteiger partial charge in [-0.1, -0.05) is 25.2 Å². The summed E-state index contributed by atoms with van der Waals surface area (Å²) in [5, 5.41) is 14.5. The molecule has 8 heteroatoms. The lowest BCUT2D eigenvalue weighted by atomic mass is 10.1. The SMILES string of the molecule is CC(C)Cc1nnc(NC(=O)c2csc(CN)n2)s1. The highest BCUT2D eigenvalue weighted by molar-refractivity contribution is 7.15. The molecule has 0 unspecified atom stereocenters. The molecular weight excluding hydrogens is 282 g/mol. The Morgan fingerprint density at radius 2 is 2.21 bits per heavy atom. The molecule has 0 fully saturated rings. The van der Waals surface area contributed by atoms with Gasteiger partial charge in [0.25, 0.3) is 5.91 Å². The highest BCUT2D eigenvalue weighted by Gasteiger charge is 2.13. The first-order valence-corrected chi connectivity index (χ1v) is 7.56. The van der Waals surface area contributed by atoms with E-state index in [1.165, 1.54) is 22.7 Å². The first-order chi connectivity index (χ1) is 9.08. The topological polar surface area (TPSA) is 93.8 Å². The van der Waals surface area contributed by atoms with Gasteiger partial charge >= 0.3 is 0 Å². The van der Waals surface area contributed by atoms with E-state index in [4.69, 9.17) is 5.73 Å². The minimum absolute atomic E-state index is 0.275. The smallest absolute Gasteiger partial charge is 0.276 e. The number of rotatable bonds is 5. The van der Waals surface area contributed by atoms with Gasteiger partial charge in [0.05, 0.1) is 0 Å². The number of aromatic nitrogens is 3. The van der Waals surface area contributed by atoms with Crippen LogP contribution >= 0.6 is 22.7 Å². The highest BCUT2D eigenvalue weighted by Crippen LogP contribution is 2.19. The van der Waals surface area contributed by atoms with Crippen LogP contribution in [0.3, 0.4) is 0 Å². The second-order valence-corrected chi connectivity index (χ2v) is 6.39. The Hall–Kier alpha value is -1.38. The molecule has 0 spiro atoms. The zero-order valence-electron chi connectivity index (χ0n) is 10.7. The third-order valence-corrected chi connectivity index (χ3v) is 3.96. The molecular formula is C11H15N5OS2. The number of anilines is 1. The van der Waals surface area contributed by atoms with Crippen LogP contribution in [0.2, 0.25) is 0 Å². The van der Waals surface area contributed by atoms with Crippen LogP contribution in [0.4, 0.5) is 5.13 Å². The first-order valence-electron chi connectivity index (χ1n) is 5.86. The molecule has 2 aromatic heterocycles. The zero-order chi connectivity index (χ0) is 13.8. The fourth-order valence-electron chi connectivity index (χ4n) is 1.41. The van der Waals surface area contributed by atoms with E-state index in [2.05, 4.69) is 34.3 Å². The lowest BCUT2D eigenvalue weighted by Gasteiger charge is -1.98. The average Bonchev–Trinajstić information content (AvgIpc) is 2.97. The van der Waals surface area contributed by atoms with Gasteiger partial charge in [-0.15, -0.1) is 21.5 Å². The van der Waals surface area contributed by atoms with E-state index in [-0.39, 0.29) is 5.91 Å². The standard InChI is InChI=1S/C11H15N5OS2/c1-6(2)3-8-15-16-11(19-8)14-10(17)7-5-18-9(4-12)13-7/h5-6H,3-4,12H2,1-2H3,(H,14,16,17). The molecule has 0 bridgehead atoms. The molecule has 0 radical (unpaired) electrons. The molecule has 2 heterocycles. The number of thiazole rings is 1. The molecule has 2 aromatic rings. The summed E-state index contributed by atoms with van der Waals surface area (Å²) >= 11 is 2.77. The van der Waals surface area contributed by atoms with E-state index in [1.807, 2.05) is 0 Å². The van der Waals surface area contributed by atoms with Gasteiger partial charge < -0.3 is 5.73 Å². The Morgan fingerprint density at radius 1 is 1.42 bits per heavy atom. The lowest BCUT2D eigenvalue weighted by molar-refractivity contribution is 0.102. The highest BCUT2D eigenvalue weighted by atomic mass is 32.1.